The van der Waals surface area contributed by atoms with Crippen molar-refractivity contribution in [2.75, 3.05) is 24.7 Å². The zero-order valence-electron chi connectivity index (χ0n) is 15.8. The van der Waals surface area contributed by atoms with E-state index in [4.69, 9.17) is 0 Å². The van der Waals surface area contributed by atoms with Crippen LogP contribution in [0.2, 0.25) is 0 Å². The Labute approximate surface area is 170 Å². The first-order valence-corrected chi connectivity index (χ1v) is 10.8. The lowest BCUT2D eigenvalue weighted by Crippen LogP contribution is -2.39. The second kappa shape index (κ2) is 8.52. The molecule has 0 aromatic carbocycles. The van der Waals surface area contributed by atoms with Gasteiger partial charge in [-0.1, -0.05) is 0 Å². The molecule has 3 heterocycles. The van der Waals surface area contributed by atoms with Crippen molar-refractivity contribution in [3.05, 3.63) is 41.9 Å². The summed E-state index contributed by atoms with van der Waals surface area (Å²) in [6.45, 7) is 0.0799. The molecule has 13 heteroatoms. The van der Waals surface area contributed by atoms with Crippen molar-refractivity contribution in [1.82, 2.24) is 24.6 Å². The Morgan fingerprint density at radius 2 is 2.00 bits per heavy atom. The van der Waals surface area contributed by atoms with Crippen molar-refractivity contribution >= 4 is 27.7 Å². The molecule has 1 fully saturated rings. The molecule has 1 aliphatic rings. The lowest BCUT2D eigenvalue weighted by atomic mass is 10.1. The lowest BCUT2D eigenvalue weighted by molar-refractivity contribution is -0.137. The van der Waals surface area contributed by atoms with Gasteiger partial charge in [0.2, 0.25) is 21.9 Å². The molecule has 1 atom stereocenters. The summed E-state index contributed by atoms with van der Waals surface area (Å²) in [4.78, 5) is 26.1. The molecule has 1 amide bonds. The van der Waals surface area contributed by atoms with Crippen LogP contribution < -0.4 is 10.0 Å². The molecular weight excluding hydrogens is 425 g/mol. The smallest absolute Gasteiger partial charge is 0.333 e. The molecule has 2 aromatic rings. The number of hydrogen-bond donors (Lipinski definition) is 2. The van der Waals surface area contributed by atoms with Crippen LogP contribution in [0.25, 0.3) is 0 Å². The van der Waals surface area contributed by atoms with Gasteiger partial charge in [0.15, 0.2) is 0 Å². The molecule has 0 bridgehead atoms. The molecule has 3 rings (SSSR count). The number of likely N-dealkylation sites (tertiary alicyclic amines) is 1. The molecule has 162 valence electrons. The van der Waals surface area contributed by atoms with Crippen LogP contribution in [0.4, 0.5) is 24.9 Å². The summed E-state index contributed by atoms with van der Waals surface area (Å²) in [5, 5.41) is 2.64. The first-order chi connectivity index (χ1) is 14.0. The number of aromatic nitrogens is 3. The molecule has 0 aliphatic carbocycles. The van der Waals surface area contributed by atoms with E-state index in [9.17, 15) is 26.4 Å². The maximum atomic E-state index is 12.9. The van der Waals surface area contributed by atoms with Gasteiger partial charge in [0.05, 0.1) is 30.1 Å². The van der Waals surface area contributed by atoms with Crippen LogP contribution in [0.3, 0.4) is 0 Å². The second-order valence-corrected chi connectivity index (χ2v) is 8.53. The maximum Gasteiger partial charge on any atom is 0.416 e. The summed E-state index contributed by atoms with van der Waals surface area (Å²) in [6, 6.07) is 2.91. The normalized spacial score (nSPS) is 17.2. The zero-order chi connectivity index (χ0) is 21.9. The van der Waals surface area contributed by atoms with Crippen LogP contribution in [0, 0.1) is 0 Å². The van der Waals surface area contributed by atoms with Crippen LogP contribution in [-0.2, 0) is 21.0 Å². The highest BCUT2D eigenvalue weighted by Gasteiger charge is 2.32. The molecule has 1 saturated heterocycles. The molecule has 30 heavy (non-hydrogen) atoms. The van der Waals surface area contributed by atoms with E-state index in [1.165, 1.54) is 11.1 Å². The third-order valence-electron chi connectivity index (χ3n) is 4.40. The highest BCUT2D eigenvalue weighted by atomic mass is 32.2. The highest BCUT2D eigenvalue weighted by Crippen LogP contribution is 2.32. The molecule has 1 aliphatic heterocycles. The van der Waals surface area contributed by atoms with Gasteiger partial charge in [0, 0.05) is 18.9 Å². The van der Waals surface area contributed by atoms with Gasteiger partial charge in [-0.05, 0) is 31.0 Å². The van der Waals surface area contributed by atoms with Crippen LogP contribution >= 0.6 is 0 Å². The van der Waals surface area contributed by atoms with E-state index in [-0.39, 0.29) is 18.3 Å². The van der Waals surface area contributed by atoms with Crippen molar-refractivity contribution in [2.24, 2.45) is 0 Å². The number of alkyl halides is 3. The van der Waals surface area contributed by atoms with Gasteiger partial charge in [0.1, 0.15) is 5.82 Å². The first kappa shape index (κ1) is 21.9. The predicted octanol–water partition coefficient (Wildman–Crippen LogP) is 1.85. The van der Waals surface area contributed by atoms with Crippen LogP contribution in [0.15, 0.2) is 30.6 Å². The minimum absolute atomic E-state index is 0.0351. The largest absolute Gasteiger partial charge is 0.416 e. The number of pyridine rings is 1. The number of nitrogens with zero attached hydrogens (tertiary/aromatic N) is 4. The van der Waals surface area contributed by atoms with Crippen molar-refractivity contribution in [3.63, 3.8) is 0 Å². The van der Waals surface area contributed by atoms with Gasteiger partial charge < -0.3 is 10.2 Å². The first-order valence-electron chi connectivity index (χ1n) is 8.90. The van der Waals surface area contributed by atoms with Gasteiger partial charge in [-0.3, -0.25) is 4.79 Å². The van der Waals surface area contributed by atoms with Gasteiger partial charge in [0.25, 0.3) is 0 Å². The number of carbonyl (C=O) groups excluding carboxylic acids is 1. The third kappa shape index (κ3) is 5.63. The molecule has 2 aromatic heterocycles. The number of carbonyl (C=O) groups is 1. The van der Waals surface area contributed by atoms with Gasteiger partial charge in [-0.15, -0.1) is 0 Å². The standard InChI is InChI=1S/C17H19F3N6O3S/c1-30(28,29)23-10-15(27)26-8-2-3-13(26)12-5-7-22-16(24-12)25-14-9-11(4-6-21-14)17(18,19)20/h4-7,9,13,23H,2-3,8,10H2,1H3,(H,21,22,24,25). The molecule has 9 nitrogen and oxygen atoms in total. The topological polar surface area (TPSA) is 117 Å². The minimum atomic E-state index is -4.51. The molecule has 0 radical (unpaired) electrons. The third-order valence-corrected chi connectivity index (χ3v) is 5.07. The van der Waals surface area contributed by atoms with Crippen molar-refractivity contribution in [2.45, 2.75) is 25.1 Å². The SMILES string of the molecule is CS(=O)(=O)NCC(=O)N1CCCC1c1ccnc(Nc2cc(C(F)(F)F)ccn2)n1. The van der Waals surface area contributed by atoms with E-state index in [0.717, 1.165) is 24.6 Å². The van der Waals surface area contributed by atoms with Gasteiger partial charge >= 0.3 is 6.18 Å². The Hall–Kier alpha value is -2.80. The van der Waals surface area contributed by atoms with Crippen molar-refractivity contribution in [3.8, 4) is 0 Å². The number of nitrogens with one attached hydrogen (secondary N) is 2. The molecule has 2 N–H and O–H groups in total. The Morgan fingerprint density at radius 3 is 2.70 bits per heavy atom. The fraction of sp³-hybridized carbons (Fsp3) is 0.412. The lowest BCUT2D eigenvalue weighted by Gasteiger charge is -2.24. The maximum absolute atomic E-state index is 12.9. The average molecular weight is 444 g/mol. The van der Waals surface area contributed by atoms with E-state index in [0.29, 0.717) is 25.1 Å². The van der Waals surface area contributed by atoms with E-state index < -0.39 is 33.7 Å². The van der Waals surface area contributed by atoms with Crippen molar-refractivity contribution in [1.29, 1.82) is 0 Å². The Balaban J connectivity index is 1.75. The second-order valence-electron chi connectivity index (χ2n) is 6.70. The summed E-state index contributed by atoms with van der Waals surface area (Å²) in [6.07, 6.45) is 0.230. The monoisotopic (exact) mass is 444 g/mol. The fourth-order valence-electron chi connectivity index (χ4n) is 3.08. The quantitative estimate of drug-likeness (QED) is 0.698. The van der Waals surface area contributed by atoms with Crippen molar-refractivity contribution < 1.29 is 26.4 Å². The fourth-order valence-corrected chi connectivity index (χ4v) is 3.46. The number of halogens is 3. The summed E-state index contributed by atoms with van der Waals surface area (Å²) in [5.41, 5.74) is -0.369. The minimum Gasteiger partial charge on any atom is -0.333 e. The van der Waals surface area contributed by atoms with Crippen LogP contribution in [0.5, 0.6) is 0 Å². The predicted molar refractivity (Wildman–Crippen MR) is 101 cm³/mol. The number of hydrogen-bond acceptors (Lipinski definition) is 7. The summed E-state index contributed by atoms with van der Waals surface area (Å²) < 4.78 is 63.2. The van der Waals surface area contributed by atoms with E-state index in [1.807, 2.05) is 0 Å². The molecule has 0 spiro atoms. The van der Waals surface area contributed by atoms with E-state index in [2.05, 4.69) is 25.0 Å². The molecule has 1 unspecified atom stereocenters. The van der Waals surface area contributed by atoms with Crippen LogP contribution in [-0.4, -0.2) is 53.5 Å². The zero-order valence-corrected chi connectivity index (χ0v) is 16.7. The van der Waals surface area contributed by atoms with E-state index in [1.54, 1.807) is 6.07 Å². The Kier molecular flexibility index (Phi) is 6.22. The summed E-state index contributed by atoms with van der Waals surface area (Å²) in [5.74, 6) is -0.429. The summed E-state index contributed by atoms with van der Waals surface area (Å²) >= 11 is 0. The number of amides is 1. The average Bonchev–Trinajstić information content (AvgIpc) is 3.15. The molecular formula is C17H19F3N6O3S. The number of rotatable bonds is 6. The highest BCUT2D eigenvalue weighted by molar-refractivity contribution is 7.88. The number of anilines is 2. The van der Waals surface area contributed by atoms with Gasteiger partial charge in [-0.25, -0.2) is 28.1 Å². The Bertz CT molecular complexity index is 1030. The van der Waals surface area contributed by atoms with Crippen LogP contribution in [0.1, 0.15) is 30.1 Å². The summed E-state index contributed by atoms with van der Waals surface area (Å²) in [7, 11) is -3.51. The Morgan fingerprint density at radius 1 is 1.27 bits per heavy atom. The van der Waals surface area contributed by atoms with E-state index >= 15 is 0 Å². The van der Waals surface area contributed by atoms with Gasteiger partial charge in [-0.2, -0.15) is 13.2 Å². The number of sulfonamides is 1. The molecule has 0 saturated carbocycles.